The number of rotatable bonds is 0. The Morgan fingerprint density at radius 2 is 1.82 bits per heavy atom. The predicted octanol–water partition coefficient (Wildman–Crippen LogP) is 1.92. The van der Waals surface area contributed by atoms with E-state index in [0.29, 0.717) is 5.54 Å². The van der Waals surface area contributed by atoms with Crippen LogP contribution in [0.4, 0.5) is 0 Å². The number of thioether (sulfide) groups is 1. The molecule has 1 saturated carbocycles. The van der Waals surface area contributed by atoms with Gasteiger partial charge in [-0.2, -0.15) is 0 Å². The van der Waals surface area contributed by atoms with Crippen molar-refractivity contribution in [2.24, 2.45) is 0 Å². The molecule has 2 nitrogen and oxygen atoms in total. The van der Waals surface area contributed by atoms with E-state index in [-0.39, 0.29) is 0 Å². The van der Waals surface area contributed by atoms with Gasteiger partial charge >= 0.3 is 5.17 Å². The van der Waals surface area contributed by atoms with E-state index in [9.17, 15) is 0 Å². The molecule has 0 aromatic heterocycles. The average Bonchev–Trinajstić information content (AvgIpc) is 2.40. The van der Waals surface area contributed by atoms with Crippen molar-refractivity contribution in [2.75, 3.05) is 6.26 Å². The fourth-order valence-electron chi connectivity index (χ4n) is 3.72. The first kappa shape index (κ1) is 11.6. The number of amidine groups is 1. The van der Waals surface area contributed by atoms with E-state index in [4.69, 9.17) is 0 Å². The minimum atomic E-state index is 0.331. The van der Waals surface area contributed by atoms with Crippen molar-refractivity contribution in [3.8, 4) is 0 Å². The van der Waals surface area contributed by atoms with Gasteiger partial charge in [0.2, 0.25) is 0 Å². The van der Waals surface area contributed by atoms with Gasteiger partial charge in [0.15, 0.2) is 0 Å². The second-order valence-electron chi connectivity index (χ2n) is 5.59. The van der Waals surface area contributed by atoms with E-state index < -0.39 is 0 Å². The smallest absolute Gasteiger partial charge is 0.259 e. The van der Waals surface area contributed by atoms with E-state index in [0.717, 1.165) is 0 Å². The maximum atomic E-state index is 3.83. The fraction of sp³-hybridized carbons (Fsp3) is 0.786. The van der Waals surface area contributed by atoms with Crippen LogP contribution in [0.1, 0.15) is 57.8 Å². The summed E-state index contributed by atoms with van der Waals surface area (Å²) >= 11 is 1.83. The number of hydrogen-bond donors (Lipinski definition) is 2. The maximum absolute atomic E-state index is 3.83. The van der Waals surface area contributed by atoms with E-state index in [1.54, 1.807) is 11.3 Å². The maximum Gasteiger partial charge on any atom is 0.309 e. The van der Waals surface area contributed by atoms with Gasteiger partial charge < -0.3 is 0 Å². The van der Waals surface area contributed by atoms with Gasteiger partial charge in [0.05, 0.1) is 0 Å². The van der Waals surface area contributed by atoms with Gasteiger partial charge in [0.25, 0.3) is 0 Å². The Morgan fingerprint density at radius 3 is 2.59 bits per heavy atom. The lowest BCUT2D eigenvalue weighted by molar-refractivity contribution is -0.549. The molecule has 1 heterocycles. The molecule has 0 unspecified atom stereocenters. The SMILES string of the molecule is CSC1=[NH+]C2(CCCCC2)C2=C(CCCC2)N1. The molecule has 2 aliphatic carbocycles. The quantitative estimate of drug-likeness (QED) is 0.688. The third-order valence-corrected chi connectivity index (χ3v) is 5.19. The molecule has 3 heteroatoms. The second kappa shape index (κ2) is 4.68. The molecule has 3 rings (SSSR count). The lowest BCUT2D eigenvalue weighted by Gasteiger charge is -2.39. The summed E-state index contributed by atoms with van der Waals surface area (Å²) in [7, 11) is 0. The Labute approximate surface area is 108 Å². The summed E-state index contributed by atoms with van der Waals surface area (Å²) in [5.41, 5.74) is 3.61. The highest BCUT2D eigenvalue weighted by atomic mass is 32.2. The van der Waals surface area contributed by atoms with Crippen LogP contribution in [0.5, 0.6) is 0 Å². The molecule has 1 aliphatic heterocycles. The standard InChI is InChI=1S/C14H22N2S/c1-17-13-15-12-8-4-3-7-11(12)14(16-13)9-5-2-6-10-14/h2-10H2,1H3,(H,15,16)/p+1. The Hall–Kier alpha value is -0.440. The van der Waals surface area contributed by atoms with Crippen LogP contribution >= 0.6 is 11.8 Å². The van der Waals surface area contributed by atoms with Crippen LogP contribution in [0, 0.1) is 0 Å². The average molecular weight is 251 g/mol. The van der Waals surface area contributed by atoms with Crippen LogP contribution in [-0.4, -0.2) is 17.0 Å². The zero-order valence-corrected chi connectivity index (χ0v) is 11.6. The number of hydrogen-bond acceptors (Lipinski definition) is 2. The Balaban J connectivity index is 1.98. The van der Waals surface area contributed by atoms with Crippen LogP contribution in [0.25, 0.3) is 0 Å². The van der Waals surface area contributed by atoms with Gasteiger partial charge in [-0.15, -0.1) is 0 Å². The van der Waals surface area contributed by atoms with Crippen molar-refractivity contribution in [2.45, 2.75) is 63.3 Å². The normalized spacial score (nSPS) is 27.5. The lowest BCUT2D eigenvalue weighted by atomic mass is 9.72. The van der Waals surface area contributed by atoms with E-state index in [2.05, 4.69) is 16.6 Å². The monoisotopic (exact) mass is 251 g/mol. The zero-order valence-electron chi connectivity index (χ0n) is 10.8. The first-order valence-electron chi connectivity index (χ1n) is 7.03. The predicted molar refractivity (Wildman–Crippen MR) is 73.9 cm³/mol. The van der Waals surface area contributed by atoms with Crippen LogP contribution < -0.4 is 10.3 Å². The Morgan fingerprint density at radius 1 is 1.06 bits per heavy atom. The van der Waals surface area contributed by atoms with Crippen LogP contribution in [0.15, 0.2) is 11.3 Å². The molecule has 2 N–H and O–H groups in total. The summed E-state index contributed by atoms with van der Waals surface area (Å²) in [4.78, 5) is 3.83. The van der Waals surface area contributed by atoms with E-state index in [1.807, 2.05) is 11.8 Å². The van der Waals surface area contributed by atoms with E-state index >= 15 is 0 Å². The highest BCUT2D eigenvalue weighted by molar-refractivity contribution is 8.12. The molecule has 0 aromatic rings. The van der Waals surface area contributed by atoms with Crippen molar-refractivity contribution in [3.05, 3.63) is 11.3 Å². The zero-order chi connectivity index (χ0) is 11.7. The second-order valence-corrected chi connectivity index (χ2v) is 6.41. The largest absolute Gasteiger partial charge is 0.309 e. The summed E-state index contributed by atoms with van der Waals surface area (Å²) in [6, 6.07) is 0. The lowest BCUT2D eigenvalue weighted by Crippen LogP contribution is -2.91. The minimum absolute atomic E-state index is 0.331. The van der Waals surface area contributed by atoms with Gasteiger partial charge in [0.1, 0.15) is 11.2 Å². The minimum Gasteiger partial charge on any atom is -0.259 e. The van der Waals surface area contributed by atoms with Crippen LogP contribution in [0.3, 0.4) is 0 Å². The van der Waals surface area contributed by atoms with Crippen molar-refractivity contribution >= 4 is 16.9 Å². The topological polar surface area (TPSA) is 26.0 Å². The van der Waals surface area contributed by atoms with E-state index in [1.165, 1.54) is 63.0 Å². The molecule has 1 fully saturated rings. The third kappa shape index (κ3) is 2.03. The highest BCUT2D eigenvalue weighted by Crippen LogP contribution is 2.38. The van der Waals surface area contributed by atoms with Gasteiger partial charge in [-0.1, -0.05) is 6.42 Å². The van der Waals surface area contributed by atoms with Gasteiger partial charge in [-0.3, -0.25) is 4.99 Å². The number of nitrogens with one attached hydrogen (secondary N) is 2. The highest BCUT2D eigenvalue weighted by Gasteiger charge is 2.44. The Kier molecular flexibility index (Phi) is 3.20. The van der Waals surface area contributed by atoms with Crippen molar-refractivity contribution in [1.29, 1.82) is 0 Å². The molecular formula is C14H23N2S+. The molecular weight excluding hydrogens is 228 g/mol. The van der Waals surface area contributed by atoms with Crippen LogP contribution in [-0.2, 0) is 0 Å². The number of fused-ring (bicyclic) bond motifs is 1. The molecule has 0 aromatic carbocycles. The van der Waals surface area contributed by atoms with Crippen molar-refractivity contribution < 1.29 is 4.99 Å². The molecule has 94 valence electrons. The molecule has 3 aliphatic rings. The third-order valence-electron chi connectivity index (χ3n) is 4.57. The van der Waals surface area contributed by atoms with Gasteiger partial charge in [-0.25, -0.2) is 5.32 Å². The first-order valence-corrected chi connectivity index (χ1v) is 8.25. The molecule has 0 bridgehead atoms. The van der Waals surface area contributed by atoms with Gasteiger partial charge in [0, 0.05) is 12.0 Å². The summed E-state index contributed by atoms with van der Waals surface area (Å²) in [5, 5.41) is 4.91. The molecule has 1 spiro atoms. The fourth-order valence-corrected chi connectivity index (χ4v) is 4.24. The Bertz CT molecular complexity index is 364. The molecule has 17 heavy (non-hydrogen) atoms. The summed E-state index contributed by atoms with van der Waals surface area (Å²) in [6.07, 6.45) is 14.4. The van der Waals surface area contributed by atoms with Gasteiger partial charge in [-0.05, 0) is 63.0 Å². The number of allylic oxidation sites excluding steroid dienone is 1. The summed E-state index contributed by atoms with van der Waals surface area (Å²) in [6.45, 7) is 0. The molecule has 0 saturated heterocycles. The van der Waals surface area contributed by atoms with Crippen molar-refractivity contribution in [3.63, 3.8) is 0 Å². The molecule has 0 radical (unpaired) electrons. The molecule has 0 amide bonds. The first-order chi connectivity index (χ1) is 8.34. The van der Waals surface area contributed by atoms with Crippen molar-refractivity contribution in [1.82, 2.24) is 5.32 Å². The van der Waals surface area contributed by atoms with Crippen LogP contribution in [0.2, 0.25) is 0 Å². The molecule has 0 atom stereocenters. The summed E-state index contributed by atoms with van der Waals surface area (Å²) in [5.74, 6) is 0. The summed E-state index contributed by atoms with van der Waals surface area (Å²) < 4.78 is 0.